The molecule has 1 unspecified atom stereocenters. The molecule has 3 fully saturated rings. The van der Waals surface area contributed by atoms with Gasteiger partial charge in [-0.3, -0.25) is 14.2 Å². The number of alkyl halides is 2. The van der Waals surface area contributed by atoms with E-state index in [0.717, 1.165) is 0 Å². The molecule has 1 atom stereocenters. The molecule has 2 amide bonds. The molecule has 0 bridgehead atoms. The zero-order chi connectivity index (χ0) is 27.8. The van der Waals surface area contributed by atoms with Crippen LogP contribution in [0.15, 0.2) is 30.3 Å². The van der Waals surface area contributed by atoms with Crippen LogP contribution in [-0.4, -0.2) is 88.2 Å². The number of morpholine rings is 1. The Kier molecular flexibility index (Phi) is 7.22. The van der Waals surface area contributed by atoms with Crippen molar-refractivity contribution in [1.29, 1.82) is 0 Å². The standard InChI is InChI=1S/C27H32F2N8O3/c1-35-7-6-16(12-23(35)38)26(39)31-18-13-17(14-18)30-21-15-22(34-27(33-21)36-8-10-40-11-9-36)37-20-5-3-2-4-19(20)32-25(37)24(28)29/h2-5,15-18,24H,6-14H2,1H3,(H,31,39)(H,30,33,34)/t16?,17-,18-. The number of piperidine rings is 1. The highest BCUT2D eigenvalue weighted by atomic mass is 19.3. The molecule has 1 saturated carbocycles. The van der Waals surface area contributed by atoms with Crippen molar-refractivity contribution in [3.05, 3.63) is 36.2 Å². The van der Waals surface area contributed by atoms with E-state index in [1.165, 1.54) is 4.57 Å². The number of amides is 2. The predicted octanol–water partition coefficient (Wildman–Crippen LogP) is 2.52. The van der Waals surface area contributed by atoms with Crippen molar-refractivity contribution in [2.24, 2.45) is 5.92 Å². The van der Waals surface area contributed by atoms with Gasteiger partial charge >= 0.3 is 0 Å². The van der Waals surface area contributed by atoms with Gasteiger partial charge in [0.1, 0.15) is 11.6 Å². The summed E-state index contributed by atoms with van der Waals surface area (Å²) in [6.07, 6.45) is -0.501. The molecule has 2 aliphatic heterocycles. The van der Waals surface area contributed by atoms with Crippen molar-refractivity contribution in [3.63, 3.8) is 0 Å². The number of anilines is 2. The van der Waals surface area contributed by atoms with Crippen LogP contribution in [0.1, 0.15) is 37.9 Å². The molecule has 2 saturated heterocycles. The first kappa shape index (κ1) is 26.4. The monoisotopic (exact) mass is 554 g/mol. The number of hydrogen-bond donors (Lipinski definition) is 2. The zero-order valence-electron chi connectivity index (χ0n) is 22.2. The number of carbonyl (C=O) groups is 2. The van der Waals surface area contributed by atoms with Gasteiger partial charge in [0, 0.05) is 57.2 Å². The van der Waals surface area contributed by atoms with Crippen LogP contribution in [0.2, 0.25) is 0 Å². The number of hydrogen-bond acceptors (Lipinski definition) is 8. The van der Waals surface area contributed by atoms with E-state index in [2.05, 4.69) is 20.6 Å². The van der Waals surface area contributed by atoms with Crippen molar-refractivity contribution >= 4 is 34.6 Å². The number of fused-ring (bicyclic) bond motifs is 1. The number of rotatable bonds is 7. The van der Waals surface area contributed by atoms with E-state index in [4.69, 9.17) is 9.72 Å². The molecular weight excluding hydrogens is 522 g/mol. The molecule has 3 aliphatic rings. The van der Waals surface area contributed by atoms with Crippen molar-refractivity contribution in [1.82, 2.24) is 29.7 Å². The third-order valence-corrected chi connectivity index (χ3v) is 7.87. The highest BCUT2D eigenvalue weighted by Gasteiger charge is 2.35. The number of ether oxygens (including phenoxy) is 1. The lowest BCUT2D eigenvalue weighted by atomic mass is 9.85. The van der Waals surface area contributed by atoms with E-state index in [9.17, 15) is 18.4 Å². The molecule has 11 nitrogen and oxygen atoms in total. The minimum atomic E-state index is -2.79. The van der Waals surface area contributed by atoms with Crippen LogP contribution in [0.4, 0.5) is 20.5 Å². The fraction of sp³-hybridized carbons (Fsp3) is 0.519. The molecule has 4 heterocycles. The zero-order valence-corrected chi connectivity index (χ0v) is 22.2. The molecular formula is C27H32F2N8O3. The lowest BCUT2D eigenvalue weighted by Gasteiger charge is -2.38. The highest BCUT2D eigenvalue weighted by molar-refractivity contribution is 5.87. The molecule has 40 heavy (non-hydrogen) atoms. The summed E-state index contributed by atoms with van der Waals surface area (Å²) in [5.74, 6) is 0.505. The van der Waals surface area contributed by atoms with Crippen LogP contribution in [0.5, 0.6) is 0 Å². The molecule has 0 radical (unpaired) electrons. The van der Waals surface area contributed by atoms with Gasteiger partial charge in [-0.2, -0.15) is 9.97 Å². The largest absolute Gasteiger partial charge is 0.378 e. The fourth-order valence-electron chi connectivity index (χ4n) is 5.50. The van der Waals surface area contributed by atoms with Crippen LogP contribution in [0.3, 0.4) is 0 Å². The van der Waals surface area contributed by atoms with Gasteiger partial charge < -0.3 is 25.2 Å². The lowest BCUT2D eigenvalue weighted by Crippen LogP contribution is -2.52. The Bertz CT molecular complexity index is 1400. The second-order valence-electron chi connectivity index (χ2n) is 10.6. The number of carbonyl (C=O) groups excluding carboxylic acids is 2. The predicted molar refractivity (Wildman–Crippen MR) is 144 cm³/mol. The first-order valence-electron chi connectivity index (χ1n) is 13.6. The van der Waals surface area contributed by atoms with Gasteiger partial charge in [0.25, 0.3) is 6.43 Å². The molecule has 1 aromatic carbocycles. The summed E-state index contributed by atoms with van der Waals surface area (Å²) in [7, 11) is 1.76. The van der Waals surface area contributed by atoms with Crippen molar-refractivity contribution in [3.8, 4) is 5.82 Å². The number of para-hydroxylation sites is 2. The van der Waals surface area contributed by atoms with Crippen LogP contribution < -0.4 is 15.5 Å². The summed E-state index contributed by atoms with van der Waals surface area (Å²) in [6.45, 7) is 2.82. The number of imidazole rings is 1. The van der Waals surface area contributed by atoms with Crippen LogP contribution >= 0.6 is 0 Å². The minimum Gasteiger partial charge on any atom is -0.378 e. The summed E-state index contributed by atoms with van der Waals surface area (Å²) in [4.78, 5) is 41.9. The maximum atomic E-state index is 14.1. The Labute approximate surface area is 229 Å². The van der Waals surface area contributed by atoms with E-state index in [-0.39, 0.29) is 42.1 Å². The fourth-order valence-corrected chi connectivity index (χ4v) is 5.50. The lowest BCUT2D eigenvalue weighted by molar-refractivity contribution is -0.139. The first-order chi connectivity index (χ1) is 19.4. The third-order valence-electron chi connectivity index (χ3n) is 7.87. The molecule has 1 aliphatic carbocycles. The Morgan fingerprint density at radius 3 is 2.60 bits per heavy atom. The minimum absolute atomic E-state index is 0.00260. The van der Waals surface area contributed by atoms with E-state index >= 15 is 0 Å². The summed E-state index contributed by atoms with van der Waals surface area (Å²) >= 11 is 0. The van der Waals surface area contributed by atoms with Crippen molar-refractivity contribution in [2.75, 3.05) is 50.1 Å². The highest BCUT2D eigenvalue weighted by Crippen LogP contribution is 2.31. The molecule has 13 heteroatoms. The average molecular weight is 555 g/mol. The van der Waals surface area contributed by atoms with E-state index in [0.29, 0.717) is 80.7 Å². The van der Waals surface area contributed by atoms with Gasteiger partial charge in [-0.05, 0) is 31.4 Å². The number of nitrogens with one attached hydrogen (secondary N) is 2. The summed E-state index contributed by atoms with van der Waals surface area (Å²) < 4.78 is 35.0. The number of nitrogens with zero attached hydrogens (tertiary/aromatic N) is 6. The van der Waals surface area contributed by atoms with Crippen LogP contribution in [0.25, 0.3) is 16.9 Å². The maximum Gasteiger partial charge on any atom is 0.296 e. The molecule has 0 spiro atoms. The van der Waals surface area contributed by atoms with E-state index in [1.54, 1.807) is 42.3 Å². The van der Waals surface area contributed by atoms with E-state index in [1.807, 2.05) is 4.90 Å². The summed E-state index contributed by atoms with van der Waals surface area (Å²) in [6, 6.07) is 8.70. The second-order valence-corrected chi connectivity index (χ2v) is 10.6. The Balaban J connectivity index is 1.21. The normalized spacial score (nSPS) is 23.4. The van der Waals surface area contributed by atoms with Gasteiger partial charge in [0.2, 0.25) is 17.8 Å². The number of benzene rings is 1. The van der Waals surface area contributed by atoms with Gasteiger partial charge in [-0.25, -0.2) is 13.8 Å². The van der Waals surface area contributed by atoms with Gasteiger partial charge in [0.15, 0.2) is 5.82 Å². The number of halogens is 2. The summed E-state index contributed by atoms with van der Waals surface area (Å²) in [5, 5.41) is 6.48. The molecule has 2 N–H and O–H groups in total. The van der Waals surface area contributed by atoms with Crippen molar-refractivity contribution in [2.45, 2.75) is 44.2 Å². The SMILES string of the molecule is CN1CCC(C(=O)N[C@H]2C[C@H](Nc3cc(-n4c(C(F)F)nc5ccccc54)nc(N4CCOCC4)n3)C2)CC1=O. The molecule has 2 aromatic heterocycles. The quantitative estimate of drug-likeness (QED) is 0.458. The van der Waals surface area contributed by atoms with Crippen LogP contribution in [-0.2, 0) is 14.3 Å². The maximum absolute atomic E-state index is 14.1. The Morgan fingerprint density at radius 1 is 1.07 bits per heavy atom. The van der Waals surface area contributed by atoms with Crippen molar-refractivity contribution < 1.29 is 23.1 Å². The average Bonchev–Trinajstić information content (AvgIpc) is 3.34. The Hall–Kier alpha value is -3.87. The van der Waals surface area contributed by atoms with Gasteiger partial charge in [-0.15, -0.1) is 0 Å². The second kappa shape index (κ2) is 11.0. The molecule has 3 aromatic rings. The molecule has 212 valence electrons. The van der Waals surface area contributed by atoms with Gasteiger partial charge in [0.05, 0.1) is 24.2 Å². The van der Waals surface area contributed by atoms with Crippen LogP contribution in [0, 0.1) is 5.92 Å². The third kappa shape index (κ3) is 5.29. The van der Waals surface area contributed by atoms with Gasteiger partial charge in [-0.1, -0.05) is 12.1 Å². The smallest absolute Gasteiger partial charge is 0.296 e. The number of aromatic nitrogens is 4. The topological polar surface area (TPSA) is 118 Å². The summed E-state index contributed by atoms with van der Waals surface area (Å²) in [5.41, 5.74) is 0.997. The Morgan fingerprint density at radius 2 is 1.85 bits per heavy atom. The molecule has 6 rings (SSSR count). The van der Waals surface area contributed by atoms with E-state index < -0.39 is 6.43 Å². The number of likely N-dealkylation sites (tertiary alicyclic amines) is 1. The first-order valence-corrected chi connectivity index (χ1v) is 13.6.